The van der Waals surface area contributed by atoms with Crippen molar-refractivity contribution in [3.8, 4) is 0 Å². The second-order valence-electron chi connectivity index (χ2n) is 5.77. The lowest BCUT2D eigenvalue weighted by Gasteiger charge is -2.24. The molecule has 6 heteroatoms. The van der Waals surface area contributed by atoms with Gasteiger partial charge in [-0.1, -0.05) is 13.8 Å². The maximum Gasteiger partial charge on any atom is 0.326 e. The van der Waals surface area contributed by atoms with E-state index in [4.69, 9.17) is 10.2 Å². The molecule has 1 aliphatic rings. The number of aliphatic hydroxyl groups is 1. The van der Waals surface area contributed by atoms with Crippen molar-refractivity contribution in [1.82, 2.24) is 10.2 Å². The van der Waals surface area contributed by atoms with Crippen LogP contribution in [0.25, 0.3) is 0 Å². The third kappa shape index (κ3) is 5.00. The summed E-state index contributed by atoms with van der Waals surface area (Å²) in [5.74, 6) is 0.127. The van der Waals surface area contributed by atoms with Crippen LogP contribution in [0, 0.1) is 11.8 Å². The van der Waals surface area contributed by atoms with Crippen molar-refractivity contribution in [2.24, 2.45) is 11.8 Å². The molecule has 2 amide bonds. The van der Waals surface area contributed by atoms with Gasteiger partial charge in [0.1, 0.15) is 6.04 Å². The molecular formula is C14H26N2O4. The van der Waals surface area contributed by atoms with Gasteiger partial charge in [-0.15, -0.1) is 0 Å². The minimum atomic E-state index is -1.11. The van der Waals surface area contributed by atoms with Crippen molar-refractivity contribution in [1.29, 1.82) is 0 Å². The number of carbonyl (C=O) groups excluding carboxylic acids is 1. The molecule has 1 heterocycles. The Kier molecular flexibility index (Phi) is 6.78. The number of urea groups is 1. The smallest absolute Gasteiger partial charge is 0.326 e. The molecule has 116 valence electrons. The number of rotatable bonds is 5. The van der Waals surface area contributed by atoms with Gasteiger partial charge >= 0.3 is 12.0 Å². The average molecular weight is 286 g/mol. The number of amides is 2. The van der Waals surface area contributed by atoms with Gasteiger partial charge in [-0.2, -0.15) is 0 Å². The standard InChI is InChI=1S/C14H26N2O4/c1-10(2)11-4-3-7-16(8-5-11)14(20)15-12(6-9-17)13(18)19/h10-12,17H,3-9H2,1-2H3,(H,15,20)(H,18,19)/t11?,12-/m0/s1. The fourth-order valence-electron chi connectivity index (χ4n) is 2.62. The SMILES string of the molecule is CC(C)C1CCCN(C(=O)N[C@@H](CCO)C(=O)O)CC1. The van der Waals surface area contributed by atoms with Crippen LogP contribution >= 0.6 is 0 Å². The predicted molar refractivity (Wildman–Crippen MR) is 75.4 cm³/mol. The topological polar surface area (TPSA) is 89.9 Å². The molecule has 3 N–H and O–H groups in total. The first kappa shape index (κ1) is 16.8. The first-order valence-electron chi connectivity index (χ1n) is 7.34. The summed E-state index contributed by atoms with van der Waals surface area (Å²) in [6.07, 6.45) is 3.06. The fraction of sp³-hybridized carbons (Fsp3) is 0.857. The zero-order valence-electron chi connectivity index (χ0n) is 12.3. The van der Waals surface area contributed by atoms with Crippen LogP contribution in [0.3, 0.4) is 0 Å². The van der Waals surface area contributed by atoms with Crippen LogP contribution in [0.5, 0.6) is 0 Å². The van der Waals surface area contributed by atoms with Crippen molar-refractivity contribution in [2.45, 2.75) is 45.6 Å². The van der Waals surface area contributed by atoms with Crippen LogP contribution in [0.4, 0.5) is 4.79 Å². The highest BCUT2D eigenvalue weighted by Gasteiger charge is 2.25. The number of nitrogens with one attached hydrogen (secondary N) is 1. The lowest BCUT2D eigenvalue weighted by atomic mass is 9.89. The Labute approximate surface area is 120 Å². The molecule has 0 spiro atoms. The molecule has 20 heavy (non-hydrogen) atoms. The van der Waals surface area contributed by atoms with Crippen LogP contribution in [-0.2, 0) is 4.79 Å². The summed E-state index contributed by atoms with van der Waals surface area (Å²) in [4.78, 5) is 24.7. The summed E-state index contributed by atoms with van der Waals surface area (Å²) in [7, 11) is 0. The Hall–Kier alpha value is -1.30. The Morgan fingerprint density at radius 2 is 2.00 bits per heavy atom. The molecule has 1 aliphatic heterocycles. The second kappa shape index (κ2) is 8.09. The number of likely N-dealkylation sites (tertiary alicyclic amines) is 1. The molecule has 0 bridgehead atoms. The first-order valence-corrected chi connectivity index (χ1v) is 7.34. The maximum atomic E-state index is 12.1. The summed E-state index contributed by atoms with van der Waals surface area (Å²) in [5.41, 5.74) is 0. The highest BCUT2D eigenvalue weighted by atomic mass is 16.4. The van der Waals surface area contributed by atoms with E-state index < -0.39 is 12.0 Å². The maximum absolute atomic E-state index is 12.1. The number of aliphatic hydroxyl groups excluding tert-OH is 1. The molecular weight excluding hydrogens is 260 g/mol. The molecule has 0 aromatic rings. The minimum absolute atomic E-state index is 0.0313. The van der Waals surface area contributed by atoms with Gasteiger partial charge in [0.2, 0.25) is 0 Å². The molecule has 1 unspecified atom stereocenters. The molecule has 0 aromatic carbocycles. The van der Waals surface area contributed by atoms with E-state index in [1.165, 1.54) is 0 Å². The third-order valence-corrected chi connectivity index (χ3v) is 4.02. The zero-order chi connectivity index (χ0) is 15.1. The van der Waals surface area contributed by atoms with Crippen LogP contribution in [0.1, 0.15) is 39.5 Å². The molecule has 1 rings (SSSR count). The molecule has 0 saturated carbocycles. The lowest BCUT2D eigenvalue weighted by Crippen LogP contribution is -2.48. The summed E-state index contributed by atoms with van der Waals surface area (Å²) >= 11 is 0. The number of aliphatic carboxylic acids is 1. The van der Waals surface area contributed by atoms with Crippen LogP contribution in [-0.4, -0.2) is 52.9 Å². The van der Waals surface area contributed by atoms with Crippen molar-refractivity contribution < 1.29 is 19.8 Å². The van der Waals surface area contributed by atoms with E-state index in [-0.39, 0.29) is 19.1 Å². The van der Waals surface area contributed by atoms with E-state index in [2.05, 4.69) is 19.2 Å². The van der Waals surface area contributed by atoms with Crippen molar-refractivity contribution >= 4 is 12.0 Å². The minimum Gasteiger partial charge on any atom is -0.480 e. The zero-order valence-corrected chi connectivity index (χ0v) is 12.3. The van der Waals surface area contributed by atoms with Gasteiger partial charge in [-0.25, -0.2) is 9.59 Å². The van der Waals surface area contributed by atoms with Gasteiger partial charge in [-0.05, 0) is 31.1 Å². The third-order valence-electron chi connectivity index (χ3n) is 4.02. The average Bonchev–Trinajstić information content (AvgIpc) is 2.63. The number of carboxylic acids is 1. The van der Waals surface area contributed by atoms with E-state index in [1.54, 1.807) is 4.90 Å². The van der Waals surface area contributed by atoms with Crippen molar-refractivity contribution in [2.75, 3.05) is 19.7 Å². The predicted octanol–water partition coefficient (Wildman–Crippen LogP) is 1.29. The van der Waals surface area contributed by atoms with Crippen LogP contribution in [0.15, 0.2) is 0 Å². The quantitative estimate of drug-likeness (QED) is 0.710. The van der Waals surface area contributed by atoms with Gasteiger partial charge < -0.3 is 20.4 Å². The van der Waals surface area contributed by atoms with Gasteiger partial charge in [-0.3, -0.25) is 0 Å². The van der Waals surface area contributed by atoms with Crippen molar-refractivity contribution in [3.63, 3.8) is 0 Å². The van der Waals surface area contributed by atoms with E-state index in [1.807, 2.05) is 0 Å². The number of carboxylic acid groups (broad SMARTS) is 1. The largest absolute Gasteiger partial charge is 0.480 e. The monoisotopic (exact) mass is 286 g/mol. The Morgan fingerprint density at radius 3 is 2.55 bits per heavy atom. The number of hydrogen-bond acceptors (Lipinski definition) is 3. The van der Waals surface area contributed by atoms with Crippen LogP contribution < -0.4 is 5.32 Å². The molecule has 1 fully saturated rings. The first-order chi connectivity index (χ1) is 9.45. The van der Waals surface area contributed by atoms with E-state index >= 15 is 0 Å². The van der Waals surface area contributed by atoms with Crippen LogP contribution in [0.2, 0.25) is 0 Å². The van der Waals surface area contributed by atoms with E-state index in [0.717, 1.165) is 19.3 Å². The number of carbonyl (C=O) groups is 2. The highest BCUT2D eigenvalue weighted by Crippen LogP contribution is 2.24. The molecule has 6 nitrogen and oxygen atoms in total. The molecule has 2 atom stereocenters. The van der Waals surface area contributed by atoms with E-state index in [9.17, 15) is 9.59 Å². The number of nitrogens with zero attached hydrogens (tertiary/aromatic N) is 1. The van der Waals surface area contributed by atoms with Gasteiger partial charge in [0.15, 0.2) is 0 Å². The summed E-state index contributed by atoms with van der Waals surface area (Å²) in [6.45, 7) is 5.47. The number of hydrogen-bond donors (Lipinski definition) is 3. The Morgan fingerprint density at radius 1 is 1.30 bits per heavy atom. The second-order valence-corrected chi connectivity index (χ2v) is 5.77. The van der Waals surface area contributed by atoms with E-state index in [0.29, 0.717) is 24.9 Å². The molecule has 0 radical (unpaired) electrons. The Balaban J connectivity index is 2.52. The lowest BCUT2D eigenvalue weighted by molar-refractivity contribution is -0.139. The molecule has 1 saturated heterocycles. The van der Waals surface area contributed by atoms with Gasteiger partial charge in [0, 0.05) is 26.1 Å². The summed E-state index contributed by atoms with van der Waals surface area (Å²) < 4.78 is 0. The molecule has 0 aliphatic carbocycles. The van der Waals surface area contributed by atoms with Crippen molar-refractivity contribution in [3.05, 3.63) is 0 Å². The summed E-state index contributed by atoms with van der Waals surface area (Å²) in [5, 5.41) is 20.3. The normalized spacial score (nSPS) is 21.4. The molecule has 0 aromatic heterocycles. The highest BCUT2D eigenvalue weighted by molar-refractivity contribution is 5.82. The van der Waals surface area contributed by atoms with Gasteiger partial charge in [0.05, 0.1) is 0 Å². The summed E-state index contributed by atoms with van der Waals surface area (Å²) in [6, 6.07) is -1.35. The fourth-order valence-corrected chi connectivity index (χ4v) is 2.62. The Bertz CT molecular complexity index is 333. The van der Waals surface area contributed by atoms with Gasteiger partial charge in [0.25, 0.3) is 0 Å².